The summed E-state index contributed by atoms with van der Waals surface area (Å²) in [7, 11) is -4.10. The molecule has 0 saturated carbocycles. The third kappa shape index (κ3) is 3.49. The van der Waals surface area contributed by atoms with Crippen molar-refractivity contribution >= 4 is 43.8 Å². The summed E-state index contributed by atoms with van der Waals surface area (Å²) in [6.07, 6.45) is 0. The minimum atomic E-state index is -4.10. The lowest BCUT2D eigenvalue weighted by Gasteiger charge is -2.09. The summed E-state index contributed by atoms with van der Waals surface area (Å²) < 4.78 is 38.9. The van der Waals surface area contributed by atoms with Gasteiger partial charge in [-0.25, -0.2) is 17.5 Å². The van der Waals surface area contributed by atoms with Gasteiger partial charge in [0.25, 0.3) is 15.9 Å². The number of nitrogens with one attached hydrogen (secondary N) is 1. The molecule has 4 nitrogen and oxygen atoms in total. The molecule has 0 bridgehead atoms. The standard InChI is InChI=1S/C13H9ClFNO3S2/c1-8(9-4-5-20-7-9)21(18,19)16-13(17)11-3-2-10(15)6-12(11)14/h2-7H,1H2,(H,16,17). The van der Waals surface area contributed by atoms with Gasteiger partial charge >= 0.3 is 0 Å². The number of carbonyl (C=O) groups is 1. The highest BCUT2D eigenvalue weighted by Crippen LogP contribution is 2.22. The zero-order valence-corrected chi connectivity index (χ0v) is 12.9. The molecular weight excluding hydrogens is 337 g/mol. The highest BCUT2D eigenvalue weighted by Gasteiger charge is 2.22. The maximum Gasteiger partial charge on any atom is 0.266 e. The zero-order valence-electron chi connectivity index (χ0n) is 10.5. The summed E-state index contributed by atoms with van der Waals surface area (Å²) in [6, 6.07) is 4.62. The number of hydrogen-bond donors (Lipinski definition) is 1. The summed E-state index contributed by atoms with van der Waals surface area (Å²) in [5, 5.41) is 3.11. The molecule has 1 amide bonds. The Labute approximate surface area is 129 Å². The number of hydrogen-bond acceptors (Lipinski definition) is 4. The molecule has 1 aromatic carbocycles. The summed E-state index contributed by atoms with van der Waals surface area (Å²) in [6.45, 7) is 3.46. The molecule has 8 heteroatoms. The molecule has 0 unspecified atom stereocenters. The lowest BCUT2D eigenvalue weighted by Crippen LogP contribution is -2.31. The van der Waals surface area contributed by atoms with E-state index in [1.807, 2.05) is 4.72 Å². The first kappa shape index (κ1) is 15.7. The van der Waals surface area contributed by atoms with E-state index < -0.39 is 21.7 Å². The van der Waals surface area contributed by atoms with Crippen molar-refractivity contribution in [1.82, 2.24) is 4.72 Å². The number of thiophene rings is 1. The van der Waals surface area contributed by atoms with E-state index in [4.69, 9.17) is 11.6 Å². The third-order valence-electron chi connectivity index (χ3n) is 2.57. The van der Waals surface area contributed by atoms with Gasteiger partial charge in [0.2, 0.25) is 0 Å². The summed E-state index contributed by atoms with van der Waals surface area (Å²) >= 11 is 7.02. The van der Waals surface area contributed by atoms with E-state index in [9.17, 15) is 17.6 Å². The molecular formula is C13H9ClFNO3S2. The fourth-order valence-corrected chi connectivity index (χ4v) is 3.40. The highest BCUT2D eigenvalue weighted by molar-refractivity contribution is 7.99. The first-order chi connectivity index (χ1) is 9.81. The van der Waals surface area contributed by atoms with Crippen LogP contribution < -0.4 is 4.72 Å². The van der Waals surface area contributed by atoms with E-state index in [1.54, 1.807) is 16.8 Å². The van der Waals surface area contributed by atoms with Gasteiger partial charge in [0, 0.05) is 5.56 Å². The van der Waals surface area contributed by atoms with E-state index in [1.165, 1.54) is 11.3 Å². The number of amides is 1. The quantitative estimate of drug-likeness (QED) is 0.925. The summed E-state index contributed by atoms with van der Waals surface area (Å²) in [5.74, 6) is -1.57. The van der Waals surface area contributed by atoms with Crippen molar-refractivity contribution < 1.29 is 17.6 Å². The van der Waals surface area contributed by atoms with Crippen LogP contribution in [-0.4, -0.2) is 14.3 Å². The Bertz CT molecular complexity index is 801. The Balaban J connectivity index is 2.24. The van der Waals surface area contributed by atoms with Gasteiger partial charge in [0.1, 0.15) is 5.82 Å². The largest absolute Gasteiger partial charge is 0.268 e. The molecule has 0 fully saturated rings. The molecule has 2 aromatic rings. The maximum atomic E-state index is 12.9. The molecule has 1 N–H and O–H groups in total. The van der Waals surface area contributed by atoms with Crippen molar-refractivity contribution in [2.75, 3.05) is 0 Å². The van der Waals surface area contributed by atoms with Crippen LogP contribution in [0.5, 0.6) is 0 Å². The van der Waals surface area contributed by atoms with Crippen molar-refractivity contribution in [3.63, 3.8) is 0 Å². The van der Waals surface area contributed by atoms with Crippen LogP contribution in [0.25, 0.3) is 4.91 Å². The molecule has 0 aliphatic rings. The molecule has 1 heterocycles. The lowest BCUT2D eigenvalue weighted by atomic mass is 10.2. The van der Waals surface area contributed by atoms with Gasteiger partial charge in [0.05, 0.1) is 15.5 Å². The summed E-state index contributed by atoms with van der Waals surface area (Å²) in [4.78, 5) is 11.7. The van der Waals surface area contributed by atoms with Gasteiger partial charge in [0.15, 0.2) is 0 Å². The molecule has 110 valence electrons. The average Bonchev–Trinajstić information content (AvgIpc) is 2.90. The maximum absolute atomic E-state index is 12.9. The first-order valence-electron chi connectivity index (χ1n) is 5.55. The lowest BCUT2D eigenvalue weighted by molar-refractivity contribution is 0.0982. The molecule has 0 aliphatic heterocycles. The fraction of sp³-hybridized carbons (Fsp3) is 0. The highest BCUT2D eigenvalue weighted by atomic mass is 35.5. The van der Waals surface area contributed by atoms with Crippen LogP contribution in [0.15, 0.2) is 41.6 Å². The van der Waals surface area contributed by atoms with Crippen LogP contribution in [0.3, 0.4) is 0 Å². The minimum absolute atomic E-state index is 0.139. The third-order valence-corrected chi connectivity index (χ3v) is 4.90. The molecule has 21 heavy (non-hydrogen) atoms. The SMILES string of the molecule is C=C(c1ccsc1)S(=O)(=O)NC(=O)c1ccc(F)cc1Cl. The molecule has 0 spiro atoms. The number of halogens is 2. The smallest absolute Gasteiger partial charge is 0.266 e. The normalized spacial score (nSPS) is 11.1. The van der Waals surface area contributed by atoms with Gasteiger partial charge in [-0.15, -0.1) is 0 Å². The van der Waals surface area contributed by atoms with Crippen molar-refractivity contribution in [2.24, 2.45) is 0 Å². The Hall–Kier alpha value is -1.70. The van der Waals surface area contributed by atoms with E-state index in [-0.39, 0.29) is 15.5 Å². The number of rotatable bonds is 4. The minimum Gasteiger partial charge on any atom is -0.268 e. The van der Waals surface area contributed by atoms with Crippen LogP contribution in [0, 0.1) is 5.82 Å². The van der Waals surface area contributed by atoms with Crippen molar-refractivity contribution in [2.45, 2.75) is 0 Å². The van der Waals surface area contributed by atoms with Crippen LogP contribution in [0.2, 0.25) is 5.02 Å². The van der Waals surface area contributed by atoms with Crippen LogP contribution >= 0.6 is 22.9 Å². The Morgan fingerprint density at radius 1 is 1.33 bits per heavy atom. The van der Waals surface area contributed by atoms with Crippen molar-refractivity contribution in [3.05, 3.63) is 63.6 Å². The van der Waals surface area contributed by atoms with Gasteiger partial charge in [-0.05, 0) is 35.0 Å². The molecule has 0 radical (unpaired) electrons. The topological polar surface area (TPSA) is 63.2 Å². The molecule has 1 aromatic heterocycles. The number of carbonyl (C=O) groups excluding carboxylic acids is 1. The Morgan fingerprint density at radius 2 is 2.05 bits per heavy atom. The van der Waals surface area contributed by atoms with E-state index in [2.05, 4.69) is 6.58 Å². The van der Waals surface area contributed by atoms with E-state index in [0.717, 1.165) is 18.2 Å². The molecule has 0 saturated heterocycles. The summed E-state index contributed by atoms with van der Waals surface area (Å²) in [5.41, 5.74) is 0.255. The Kier molecular flexibility index (Phi) is 4.46. The Morgan fingerprint density at radius 3 is 2.62 bits per heavy atom. The van der Waals surface area contributed by atoms with Crippen LogP contribution in [-0.2, 0) is 10.0 Å². The van der Waals surface area contributed by atoms with Gasteiger partial charge in [-0.3, -0.25) is 4.79 Å². The second kappa shape index (κ2) is 5.97. The second-order valence-corrected chi connectivity index (χ2v) is 6.89. The van der Waals surface area contributed by atoms with Crippen molar-refractivity contribution in [3.8, 4) is 0 Å². The van der Waals surface area contributed by atoms with E-state index in [0.29, 0.717) is 5.56 Å². The van der Waals surface area contributed by atoms with Gasteiger partial charge < -0.3 is 0 Å². The van der Waals surface area contributed by atoms with Gasteiger partial charge in [-0.1, -0.05) is 18.2 Å². The molecule has 0 atom stereocenters. The van der Waals surface area contributed by atoms with Gasteiger partial charge in [-0.2, -0.15) is 11.3 Å². The van der Waals surface area contributed by atoms with Crippen molar-refractivity contribution in [1.29, 1.82) is 0 Å². The number of sulfonamides is 1. The predicted molar refractivity (Wildman–Crippen MR) is 81.1 cm³/mol. The zero-order chi connectivity index (χ0) is 15.6. The predicted octanol–water partition coefficient (Wildman–Crippen LogP) is 3.27. The van der Waals surface area contributed by atoms with E-state index >= 15 is 0 Å². The number of benzene rings is 1. The second-order valence-electron chi connectivity index (χ2n) is 3.99. The first-order valence-corrected chi connectivity index (χ1v) is 8.35. The fourth-order valence-electron chi connectivity index (χ4n) is 1.49. The molecule has 2 rings (SSSR count). The average molecular weight is 346 g/mol. The van der Waals surface area contributed by atoms with Crippen LogP contribution in [0.1, 0.15) is 15.9 Å². The van der Waals surface area contributed by atoms with Crippen LogP contribution in [0.4, 0.5) is 4.39 Å². The monoisotopic (exact) mass is 345 g/mol. The molecule has 0 aliphatic carbocycles.